The van der Waals surface area contributed by atoms with E-state index in [2.05, 4.69) is 20.4 Å². The first-order valence-corrected chi connectivity index (χ1v) is 9.12. The highest BCUT2D eigenvalue weighted by atomic mass is 16.6. The number of non-ortho nitro benzene ring substituents is 1. The van der Waals surface area contributed by atoms with Gasteiger partial charge in [0.2, 0.25) is 0 Å². The first kappa shape index (κ1) is 20.8. The number of nitrogens with zero attached hydrogens (tertiary/aromatic N) is 5. The second-order valence-corrected chi connectivity index (χ2v) is 6.70. The second kappa shape index (κ2) is 8.64. The molecule has 0 aliphatic carbocycles. The van der Waals surface area contributed by atoms with Gasteiger partial charge in [-0.3, -0.25) is 19.7 Å². The summed E-state index contributed by atoms with van der Waals surface area (Å²) in [5.41, 5.74) is 3.26. The van der Waals surface area contributed by atoms with Gasteiger partial charge in [-0.2, -0.15) is 10.1 Å². The van der Waals surface area contributed by atoms with Crippen LogP contribution in [0.1, 0.15) is 28.9 Å². The van der Waals surface area contributed by atoms with Gasteiger partial charge < -0.3 is 10.1 Å². The van der Waals surface area contributed by atoms with Gasteiger partial charge in [0.25, 0.3) is 17.4 Å². The molecule has 11 nitrogen and oxygen atoms in total. The Labute approximate surface area is 171 Å². The minimum Gasteiger partial charge on any atom is -0.456 e. The zero-order valence-corrected chi connectivity index (χ0v) is 16.7. The van der Waals surface area contributed by atoms with E-state index in [1.807, 2.05) is 13.8 Å². The topological polar surface area (TPSA) is 142 Å². The van der Waals surface area contributed by atoms with Crippen molar-refractivity contribution < 1.29 is 19.2 Å². The number of anilines is 1. The maximum Gasteiger partial charge on any atom is 0.306 e. The zero-order chi connectivity index (χ0) is 21.8. The number of fused-ring (bicyclic) bond motifs is 1. The molecule has 0 saturated carbocycles. The van der Waals surface area contributed by atoms with Gasteiger partial charge >= 0.3 is 5.97 Å². The molecule has 1 aromatic carbocycles. The molecule has 0 unspecified atom stereocenters. The number of aromatic nitrogens is 4. The molecule has 30 heavy (non-hydrogen) atoms. The van der Waals surface area contributed by atoms with Gasteiger partial charge in [-0.1, -0.05) is 6.07 Å². The fourth-order valence-corrected chi connectivity index (χ4v) is 3.01. The third kappa shape index (κ3) is 4.57. The summed E-state index contributed by atoms with van der Waals surface area (Å²) in [7, 11) is 0. The Bertz CT molecular complexity index is 1140. The summed E-state index contributed by atoms with van der Waals surface area (Å²) in [5.74, 6) is -0.632. The lowest BCUT2D eigenvalue weighted by molar-refractivity contribution is -0.384. The molecule has 0 fully saturated rings. The van der Waals surface area contributed by atoms with Crippen LogP contribution in [0.25, 0.3) is 5.78 Å². The molecule has 3 rings (SSSR count). The van der Waals surface area contributed by atoms with Crippen LogP contribution in [-0.4, -0.2) is 43.0 Å². The summed E-state index contributed by atoms with van der Waals surface area (Å²) in [6.07, 6.45) is 1.85. The van der Waals surface area contributed by atoms with Crippen molar-refractivity contribution in [3.8, 4) is 0 Å². The van der Waals surface area contributed by atoms with Gasteiger partial charge in [-0.25, -0.2) is 9.50 Å². The van der Waals surface area contributed by atoms with Crippen LogP contribution in [0.4, 0.5) is 11.4 Å². The summed E-state index contributed by atoms with van der Waals surface area (Å²) in [5, 5.41) is 17.5. The Morgan fingerprint density at radius 1 is 1.27 bits per heavy atom. The summed E-state index contributed by atoms with van der Waals surface area (Å²) < 4.78 is 6.63. The predicted octanol–water partition coefficient (Wildman–Crippen LogP) is 2.07. The highest BCUT2D eigenvalue weighted by molar-refractivity contribution is 5.93. The van der Waals surface area contributed by atoms with E-state index < -0.39 is 23.4 Å². The van der Waals surface area contributed by atoms with Crippen LogP contribution >= 0.6 is 0 Å². The number of nitro groups is 1. The Kier molecular flexibility index (Phi) is 6.00. The first-order chi connectivity index (χ1) is 14.3. The van der Waals surface area contributed by atoms with Crippen molar-refractivity contribution in [3.05, 3.63) is 57.2 Å². The summed E-state index contributed by atoms with van der Waals surface area (Å²) in [6, 6.07) is 4.14. The smallest absolute Gasteiger partial charge is 0.306 e. The maximum atomic E-state index is 12.1. The molecular weight excluding hydrogens is 392 g/mol. The number of amides is 1. The highest BCUT2D eigenvalue weighted by Gasteiger charge is 2.15. The molecule has 2 aromatic heterocycles. The van der Waals surface area contributed by atoms with E-state index in [4.69, 9.17) is 4.74 Å². The normalized spacial score (nSPS) is 10.8. The van der Waals surface area contributed by atoms with Crippen LogP contribution < -0.4 is 5.32 Å². The molecule has 0 aliphatic heterocycles. The van der Waals surface area contributed by atoms with Crippen molar-refractivity contribution >= 4 is 29.0 Å². The molecule has 0 atom stereocenters. The number of nitrogens with one attached hydrogen (secondary N) is 1. The van der Waals surface area contributed by atoms with Crippen molar-refractivity contribution in [2.24, 2.45) is 0 Å². The largest absolute Gasteiger partial charge is 0.456 e. The molecule has 0 saturated heterocycles. The fourth-order valence-electron chi connectivity index (χ4n) is 3.01. The van der Waals surface area contributed by atoms with E-state index in [0.29, 0.717) is 23.4 Å². The third-order valence-corrected chi connectivity index (χ3v) is 4.64. The van der Waals surface area contributed by atoms with Crippen LogP contribution in [0.2, 0.25) is 0 Å². The number of carbonyl (C=O) groups excluding carboxylic acids is 2. The minimum atomic E-state index is -0.579. The van der Waals surface area contributed by atoms with Gasteiger partial charge in [0.15, 0.2) is 6.61 Å². The Morgan fingerprint density at radius 3 is 2.77 bits per heavy atom. The van der Waals surface area contributed by atoms with Crippen molar-refractivity contribution in [1.29, 1.82) is 0 Å². The molecular formula is C19H20N6O5. The number of nitro benzene ring substituents is 1. The number of rotatable bonds is 7. The number of ether oxygens (including phenoxy) is 1. The van der Waals surface area contributed by atoms with Crippen LogP contribution in [0.15, 0.2) is 24.5 Å². The van der Waals surface area contributed by atoms with Crippen LogP contribution in [0.5, 0.6) is 0 Å². The number of benzene rings is 1. The molecule has 0 aliphatic rings. The van der Waals surface area contributed by atoms with E-state index in [1.54, 1.807) is 11.4 Å². The molecule has 1 N–H and O–H groups in total. The lowest BCUT2D eigenvalue weighted by Gasteiger charge is -2.11. The van der Waals surface area contributed by atoms with Gasteiger partial charge in [-0.15, -0.1) is 0 Å². The Hall–Kier alpha value is -3.89. The Balaban J connectivity index is 1.55. The van der Waals surface area contributed by atoms with Crippen LogP contribution in [0.3, 0.4) is 0 Å². The number of carbonyl (C=O) groups is 2. The van der Waals surface area contributed by atoms with E-state index in [9.17, 15) is 19.7 Å². The number of esters is 1. The highest BCUT2D eigenvalue weighted by Crippen LogP contribution is 2.21. The molecule has 156 valence electrons. The van der Waals surface area contributed by atoms with Crippen molar-refractivity contribution in [2.75, 3.05) is 11.9 Å². The number of hydrogen-bond donors (Lipinski definition) is 1. The molecule has 0 radical (unpaired) electrons. The molecule has 2 heterocycles. The molecule has 0 bridgehead atoms. The minimum absolute atomic E-state index is 0.0622. The molecule has 0 spiro atoms. The lowest BCUT2D eigenvalue weighted by Crippen LogP contribution is -2.21. The lowest BCUT2D eigenvalue weighted by atomic mass is 10.1. The van der Waals surface area contributed by atoms with Gasteiger partial charge in [-0.05, 0) is 38.3 Å². The van der Waals surface area contributed by atoms with Gasteiger partial charge in [0.05, 0.1) is 10.6 Å². The monoisotopic (exact) mass is 412 g/mol. The predicted molar refractivity (Wildman–Crippen MR) is 106 cm³/mol. The Morgan fingerprint density at radius 2 is 2.03 bits per heavy atom. The van der Waals surface area contributed by atoms with Gasteiger partial charge in [0.1, 0.15) is 6.33 Å². The molecule has 3 aromatic rings. The molecule has 11 heteroatoms. The second-order valence-electron chi connectivity index (χ2n) is 6.70. The van der Waals surface area contributed by atoms with Crippen molar-refractivity contribution in [2.45, 2.75) is 33.6 Å². The summed E-state index contributed by atoms with van der Waals surface area (Å²) >= 11 is 0. The zero-order valence-electron chi connectivity index (χ0n) is 16.7. The van der Waals surface area contributed by atoms with Crippen LogP contribution in [-0.2, 0) is 20.7 Å². The fraction of sp³-hybridized carbons (Fsp3) is 0.316. The van der Waals surface area contributed by atoms with Gasteiger partial charge in [0, 0.05) is 29.9 Å². The average molecular weight is 412 g/mol. The first-order valence-electron chi connectivity index (χ1n) is 9.12. The van der Waals surface area contributed by atoms with E-state index >= 15 is 0 Å². The van der Waals surface area contributed by atoms with Crippen molar-refractivity contribution in [1.82, 2.24) is 19.6 Å². The van der Waals surface area contributed by atoms with E-state index in [0.717, 1.165) is 17.0 Å². The molecule has 1 amide bonds. The SMILES string of the molecule is Cc1ccc([N+](=O)[O-])cc1NC(=O)COC(=O)CCc1c(C)nc2ncnn2c1C. The summed E-state index contributed by atoms with van der Waals surface area (Å²) in [6.45, 7) is 4.92. The third-order valence-electron chi connectivity index (χ3n) is 4.64. The number of hydrogen-bond acceptors (Lipinski definition) is 8. The quantitative estimate of drug-likeness (QED) is 0.353. The van der Waals surface area contributed by atoms with E-state index in [1.165, 1.54) is 24.5 Å². The van der Waals surface area contributed by atoms with Crippen LogP contribution in [0, 0.1) is 30.9 Å². The average Bonchev–Trinajstić information content (AvgIpc) is 3.16. The van der Waals surface area contributed by atoms with Crippen molar-refractivity contribution in [3.63, 3.8) is 0 Å². The number of aryl methyl sites for hydroxylation is 3. The van der Waals surface area contributed by atoms with E-state index in [-0.39, 0.29) is 12.1 Å². The summed E-state index contributed by atoms with van der Waals surface area (Å²) in [4.78, 5) is 42.9. The maximum absolute atomic E-state index is 12.1. The standard InChI is InChI=1S/C19H20N6O5/c1-11-4-5-14(25(28)29)8-16(11)23-17(26)9-30-18(27)7-6-15-12(2)22-19-20-10-21-24(19)13(15)3/h4-5,8,10H,6-7,9H2,1-3H3,(H,23,26).